The van der Waals surface area contributed by atoms with Crippen molar-refractivity contribution in [2.45, 2.75) is 83.6 Å². The van der Waals surface area contributed by atoms with E-state index < -0.39 is 0 Å². The zero-order chi connectivity index (χ0) is 14.2. The Kier molecular flexibility index (Phi) is 15.8. The number of unbranched alkanes of at least 4 members (excludes halogenated alkanes) is 9. The van der Waals surface area contributed by atoms with Crippen LogP contribution < -0.4 is 16.8 Å². The van der Waals surface area contributed by atoms with E-state index in [-0.39, 0.29) is 6.04 Å². The number of nitrogens with one attached hydrogen (secondary N) is 1. The molecular weight excluding hydrogens is 234 g/mol. The van der Waals surface area contributed by atoms with Crippen LogP contribution in [0, 0.1) is 0 Å². The Bertz CT molecular complexity index is 162. The van der Waals surface area contributed by atoms with Crippen LogP contribution in [-0.4, -0.2) is 25.7 Å². The lowest BCUT2D eigenvalue weighted by molar-refractivity contribution is 0.517. The molecule has 0 heterocycles. The normalized spacial score (nSPS) is 12.8. The first-order valence-corrected chi connectivity index (χ1v) is 8.47. The summed E-state index contributed by atoms with van der Waals surface area (Å²) < 4.78 is 0. The van der Waals surface area contributed by atoms with Gasteiger partial charge in [0.1, 0.15) is 0 Å². The van der Waals surface area contributed by atoms with E-state index in [4.69, 9.17) is 11.5 Å². The maximum Gasteiger partial charge on any atom is 0.0177 e. The van der Waals surface area contributed by atoms with Crippen molar-refractivity contribution in [1.29, 1.82) is 0 Å². The summed E-state index contributed by atoms with van der Waals surface area (Å²) >= 11 is 0. The van der Waals surface area contributed by atoms with Gasteiger partial charge in [0.05, 0.1) is 0 Å². The van der Waals surface area contributed by atoms with Gasteiger partial charge >= 0.3 is 0 Å². The van der Waals surface area contributed by atoms with Gasteiger partial charge in [-0.15, -0.1) is 0 Å². The van der Waals surface area contributed by atoms with Crippen LogP contribution in [-0.2, 0) is 0 Å². The van der Waals surface area contributed by atoms with E-state index in [2.05, 4.69) is 12.2 Å². The minimum absolute atomic E-state index is 0.230. The fourth-order valence-electron chi connectivity index (χ4n) is 2.34. The van der Waals surface area contributed by atoms with Gasteiger partial charge in [-0.3, -0.25) is 0 Å². The number of rotatable bonds is 15. The van der Waals surface area contributed by atoms with Crippen LogP contribution in [0.15, 0.2) is 0 Å². The molecule has 0 radical (unpaired) electrons. The molecule has 0 aliphatic carbocycles. The Balaban J connectivity index is 2.99. The third-order valence-electron chi connectivity index (χ3n) is 3.65. The molecule has 0 bridgehead atoms. The molecule has 0 spiro atoms. The summed E-state index contributed by atoms with van der Waals surface area (Å²) in [5.41, 5.74) is 11.3. The highest BCUT2D eigenvalue weighted by Crippen LogP contribution is 2.10. The molecular formula is C16H37N3. The van der Waals surface area contributed by atoms with Gasteiger partial charge in [0.15, 0.2) is 0 Å². The van der Waals surface area contributed by atoms with Gasteiger partial charge in [-0.2, -0.15) is 0 Å². The van der Waals surface area contributed by atoms with Gasteiger partial charge < -0.3 is 16.8 Å². The molecule has 1 unspecified atom stereocenters. The van der Waals surface area contributed by atoms with Gasteiger partial charge in [-0.25, -0.2) is 0 Å². The minimum Gasteiger partial charge on any atom is -0.330 e. The number of hydrogen-bond acceptors (Lipinski definition) is 3. The molecule has 0 aromatic heterocycles. The molecule has 0 aliphatic heterocycles. The molecule has 0 saturated heterocycles. The third kappa shape index (κ3) is 15.8. The van der Waals surface area contributed by atoms with Crippen molar-refractivity contribution >= 4 is 0 Å². The molecule has 3 heteroatoms. The van der Waals surface area contributed by atoms with E-state index >= 15 is 0 Å². The van der Waals surface area contributed by atoms with Crippen LogP contribution in [0.4, 0.5) is 0 Å². The molecule has 0 saturated carbocycles. The highest BCUT2D eigenvalue weighted by molar-refractivity contribution is 4.64. The number of nitrogens with two attached hydrogens (primary N) is 2. The second kappa shape index (κ2) is 15.9. The molecule has 0 aromatic rings. The summed E-state index contributed by atoms with van der Waals surface area (Å²) in [4.78, 5) is 0. The van der Waals surface area contributed by atoms with Crippen molar-refractivity contribution in [3.05, 3.63) is 0 Å². The highest BCUT2D eigenvalue weighted by atomic mass is 14.9. The SMILES string of the molecule is CCCCCCCCCCCCNCC(N)CCN. The molecule has 0 aromatic carbocycles. The van der Waals surface area contributed by atoms with E-state index in [1.165, 1.54) is 64.2 Å². The van der Waals surface area contributed by atoms with Gasteiger partial charge in [0, 0.05) is 12.6 Å². The summed E-state index contributed by atoms with van der Waals surface area (Å²) in [6.45, 7) is 4.99. The lowest BCUT2D eigenvalue weighted by atomic mass is 10.1. The molecule has 1 atom stereocenters. The first-order chi connectivity index (χ1) is 9.31. The quantitative estimate of drug-likeness (QED) is 0.401. The summed E-state index contributed by atoms with van der Waals surface area (Å²) in [5, 5.41) is 3.41. The molecule has 0 fully saturated rings. The van der Waals surface area contributed by atoms with Crippen molar-refractivity contribution in [2.75, 3.05) is 19.6 Å². The third-order valence-corrected chi connectivity index (χ3v) is 3.65. The van der Waals surface area contributed by atoms with Crippen molar-refractivity contribution < 1.29 is 0 Å². The van der Waals surface area contributed by atoms with E-state index in [1.807, 2.05) is 0 Å². The second-order valence-electron chi connectivity index (χ2n) is 5.72. The zero-order valence-electron chi connectivity index (χ0n) is 13.1. The molecule has 5 N–H and O–H groups in total. The lowest BCUT2D eigenvalue weighted by Gasteiger charge is -2.11. The summed E-state index contributed by atoms with van der Waals surface area (Å²) in [5.74, 6) is 0. The Labute approximate surface area is 120 Å². The molecule has 116 valence electrons. The van der Waals surface area contributed by atoms with E-state index in [0.717, 1.165) is 19.5 Å². The maximum atomic E-state index is 5.87. The lowest BCUT2D eigenvalue weighted by Crippen LogP contribution is -2.35. The summed E-state index contributed by atoms with van der Waals surface area (Å²) in [7, 11) is 0. The summed E-state index contributed by atoms with van der Waals surface area (Å²) in [6.07, 6.45) is 14.9. The first kappa shape index (κ1) is 18.9. The average Bonchev–Trinajstić information content (AvgIpc) is 2.40. The van der Waals surface area contributed by atoms with Crippen LogP contribution in [0.1, 0.15) is 77.6 Å². The first-order valence-electron chi connectivity index (χ1n) is 8.47. The standard InChI is InChI=1S/C16H37N3/c1-2-3-4-5-6-7-8-9-10-11-14-19-15-16(18)12-13-17/h16,19H,2-15,17-18H2,1H3. The largest absolute Gasteiger partial charge is 0.330 e. The summed E-state index contributed by atoms with van der Waals surface area (Å²) in [6, 6.07) is 0.230. The van der Waals surface area contributed by atoms with Crippen LogP contribution in [0.5, 0.6) is 0 Å². The second-order valence-corrected chi connectivity index (χ2v) is 5.72. The Hall–Kier alpha value is -0.120. The molecule has 3 nitrogen and oxygen atoms in total. The number of hydrogen-bond donors (Lipinski definition) is 3. The maximum absolute atomic E-state index is 5.87. The van der Waals surface area contributed by atoms with E-state index in [1.54, 1.807) is 0 Å². The smallest absolute Gasteiger partial charge is 0.0177 e. The van der Waals surface area contributed by atoms with E-state index in [0.29, 0.717) is 6.54 Å². The van der Waals surface area contributed by atoms with Gasteiger partial charge in [0.25, 0.3) is 0 Å². The van der Waals surface area contributed by atoms with Gasteiger partial charge in [-0.05, 0) is 25.9 Å². The molecule has 19 heavy (non-hydrogen) atoms. The van der Waals surface area contributed by atoms with Crippen LogP contribution in [0.3, 0.4) is 0 Å². The fourth-order valence-corrected chi connectivity index (χ4v) is 2.34. The highest BCUT2D eigenvalue weighted by Gasteiger charge is 1.99. The van der Waals surface area contributed by atoms with Gasteiger partial charge in [-0.1, -0.05) is 64.7 Å². The predicted octanol–water partition coefficient (Wildman–Crippen LogP) is 3.17. The Morgan fingerprint density at radius 3 is 1.89 bits per heavy atom. The van der Waals surface area contributed by atoms with Crippen molar-refractivity contribution in [3.63, 3.8) is 0 Å². The molecule has 0 amide bonds. The minimum atomic E-state index is 0.230. The van der Waals surface area contributed by atoms with E-state index in [9.17, 15) is 0 Å². The topological polar surface area (TPSA) is 64.1 Å². The predicted molar refractivity (Wildman–Crippen MR) is 86.4 cm³/mol. The Morgan fingerprint density at radius 1 is 0.842 bits per heavy atom. The van der Waals surface area contributed by atoms with Crippen LogP contribution in [0.2, 0.25) is 0 Å². The van der Waals surface area contributed by atoms with Gasteiger partial charge in [0.2, 0.25) is 0 Å². The molecule has 0 rings (SSSR count). The van der Waals surface area contributed by atoms with Crippen molar-refractivity contribution in [1.82, 2.24) is 5.32 Å². The fraction of sp³-hybridized carbons (Fsp3) is 1.00. The van der Waals surface area contributed by atoms with Crippen LogP contribution in [0.25, 0.3) is 0 Å². The van der Waals surface area contributed by atoms with Crippen molar-refractivity contribution in [2.24, 2.45) is 11.5 Å². The van der Waals surface area contributed by atoms with Crippen molar-refractivity contribution in [3.8, 4) is 0 Å². The van der Waals surface area contributed by atoms with Crippen LogP contribution >= 0.6 is 0 Å². The Morgan fingerprint density at radius 2 is 1.37 bits per heavy atom. The zero-order valence-corrected chi connectivity index (χ0v) is 13.1. The molecule has 0 aliphatic rings. The average molecular weight is 271 g/mol. The monoisotopic (exact) mass is 271 g/mol.